The number of fused-ring (bicyclic) bond motifs is 2. The third-order valence-corrected chi connectivity index (χ3v) is 6.02. The van der Waals surface area contributed by atoms with Crippen LogP contribution in [0.25, 0.3) is 27.9 Å². The van der Waals surface area contributed by atoms with Gasteiger partial charge in [-0.2, -0.15) is 0 Å². The maximum Gasteiger partial charge on any atom is 0.407 e. The molecule has 0 spiro atoms. The van der Waals surface area contributed by atoms with Crippen molar-refractivity contribution in [2.45, 2.75) is 32.6 Å². The van der Waals surface area contributed by atoms with E-state index in [2.05, 4.69) is 19.9 Å². The third kappa shape index (κ3) is 3.71. The van der Waals surface area contributed by atoms with Crippen molar-refractivity contribution in [1.29, 1.82) is 0 Å². The number of nitrogens with zero attached hydrogens (tertiary/aromatic N) is 6. The second-order valence-corrected chi connectivity index (χ2v) is 8.40. The number of piperazine rings is 1. The molecule has 1 aromatic carbocycles. The van der Waals surface area contributed by atoms with E-state index in [0.29, 0.717) is 30.0 Å². The van der Waals surface area contributed by atoms with Crippen molar-refractivity contribution < 1.29 is 18.7 Å². The SMILES string of the molecule is C[C@H]1CN(c2ccc3nc(-c4cc(F)c5nc(CF)cn5c4)ncc3c2)C[C@H](C)N1C(=O)O. The van der Waals surface area contributed by atoms with Gasteiger partial charge in [0.2, 0.25) is 0 Å². The highest BCUT2D eigenvalue weighted by Gasteiger charge is 2.32. The molecule has 3 aromatic heterocycles. The molecule has 0 bridgehead atoms. The molecule has 1 aliphatic heterocycles. The molecule has 1 saturated heterocycles. The number of aromatic nitrogens is 4. The summed E-state index contributed by atoms with van der Waals surface area (Å²) in [6.45, 7) is 4.21. The summed E-state index contributed by atoms with van der Waals surface area (Å²) in [7, 11) is 0. The summed E-state index contributed by atoms with van der Waals surface area (Å²) < 4.78 is 28.8. The lowest BCUT2D eigenvalue weighted by Gasteiger charge is -2.43. The van der Waals surface area contributed by atoms with Crippen LogP contribution in [0.2, 0.25) is 0 Å². The molecule has 8 nitrogen and oxygen atoms in total. The van der Waals surface area contributed by atoms with Crippen LogP contribution in [0.15, 0.2) is 42.9 Å². The van der Waals surface area contributed by atoms with Crippen LogP contribution in [0.3, 0.4) is 0 Å². The Balaban J connectivity index is 1.45. The molecule has 170 valence electrons. The zero-order valence-electron chi connectivity index (χ0n) is 18.1. The Morgan fingerprint density at radius 1 is 1.15 bits per heavy atom. The molecule has 5 rings (SSSR count). The van der Waals surface area contributed by atoms with E-state index in [4.69, 9.17) is 0 Å². The van der Waals surface area contributed by atoms with Gasteiger partial charge in [0.1, 0.15) is 6.67 Å². The first kappa shape index (κ1) is 21.0. The van der Waals surface area contributed by atoms with Gasteiger partial charge in [0.25, 0.3) is 0 Å². The summed E-state index contributed by atoms with van der Waals surface area (Å²) in [5.41, 5.74) is 2.34. The largest absolute Gasteiger partial charge is 0.465 e. The molecular weight excluding hydrogens is 430 g/mol. The lowest BCUT2D eigenvalue weighted by Crippen LogP contribution is -2.58. The number of carbonyl (C=O) groups is 1. The van der Waals surface area contributed by atoms with Crippen molar-refractivity contribution in [2.24, 2.45) is 0 Å². The van der Waals surface area contributed by atoms with Crippen LogP contribution in [-0.4, -0.2) is 60.6 Å². The normalized spacial score (nSPS) is 18.9. The summed E-state index contributed by atoms with van der Waals surface area (Å²) in [5, 5.41) is 10.3. The lowest BCUT2D eigenvalue weighted by atomic mass is 10.1. The van der Waals surface area contributed by atoms with Gasteiger partial charge in [0.15, 0.2) is 17.3 Å². The van der Waals surface area contributed by atoms with Gasteiger partial charge < -0.3 is 14.4 Å². The lowest BCUT2D eigenvalue weighted by molar-refractivity contribution is 0.0983. The Kier molecular flexibility index (Phi) is 5.07. The zero-order chi connectivity index (χ0) is 23.3. The number of benzene rings is 1. The monoisotopic (exact) mass is 452 g/mol. The number of rotatable bonds is 3. The van der Waals surface area contributed by atoms with Gasteiger partial charge in [-0.3, -0.25) is 4.90 Å². The maximum atomic E-state index is 14.5. The van der Waals surface area contributed by atoms with Crippen molar-refractivity contribution >= 4 is 28.3 Å². The summed E-state index contributed by atoms with van der Waals surface area (Å²) in [6.07, 6.45) is 3.86. The molecule has 0 unspecified atom stereocenters. The van der Waals surface area contributed by atoms with Crippen molar-refractivity contribution in [3.05, 3.63) is 54.4 Å². The van der Waals surface area contributed by atoms with Crippen molar-refractivity contribution in [1.82, 2.24) is 24.3 Å². The molecule has 0 saturated carbocycles. The van der Waals surface area contributed by atoms with E-state index in [1.165, 1.54) is 21.6 Å². The van der Waals surface area contributed by atoms with E-state index in [-0.39, 0.29) is 23.4 Å². The molecular formula is C23H22F2N6O2. The van der Waals surface area contributed by atoms with E-state index in [1.54, 1.807) is 12.4 Å². The molecule has 33 heavy (non-hydrogen) atoms. The van der Waals surface area contributed by atoms with Crippen LogP contribution >= 0.6 is 0 Å². The maximum absolute atomic E-state index is 14.5. The quantitative estimate of drug-likeness (QED) is 0.503. The van der Waals surface area contributed by atoms with Crippen LogP contribution in [-0.2, 0) is 6.67 Å². The van der Waals surface area contributed by atoms with Crippen LogP contribution in [0.4, 0.5) is 19.3 Å². The Morgan fingerprint density at radius 2 is 1.91 bits per heavy atom. The Bertz CT molecular complexity index is 1360. The number of hydrogen-bond acceptors (Lipinski definition) is 5. The fourth-order valence-electron chi connectivity index (χ4n) is 4.56. The molecule has 1 amide bonds. The molecule has 0 radical (unpaired) electrons. The van der Waals surface area contributed by atoms with Crippen molar-refractivity contribution in [3.63, 3.8) is 0 Å². The van der Waals surface area contributed by atoms with E-state index in [1.807, 2.05) is 32.0 Å². The number of pyridine rings is 1. The fourth-order valence-corrected chi connectivity index (χ4v) is 4.56. The molecule has 1 N–H and O–H groups in total. The minimum absolute atomic E-state index is 0.0586. The summed E-state index contributed by atoms with van der Waals surface area (Å²) in [4.78, 5) is 28.1. The molecule has 1 fully saturated rings. The zero-order valence-corrected chi connectivity index (χ0v) is 18.1. The number of carboxylic acid groups (broad SMARTS) is 1. The second kappa shape index (κ2) is 7.95. The van der Waals surface area contributed by atoms with Gasteiger partial charge in [-0.15, -0.1) is 0 Å². The second-order valence-electron chi connectivity index (χ2n) is 8.40. The predicted molar refractivity (Wildman–Crippen MR) is 119 cm³/mol. The van der Waals surface area contributed by atoms with Crippen LogP contribution in [0.1, 0.15) is 19.5 Å². The molecule has 2 atom stereocenters. The minimum atomic E-state index is -0.902. The number of anilines is 1. The highest BCUT2D eigenvalue weighted by molar-refractivity contribution is 5.83. The highest BCUT2D eigenvalue weighted by Crippen LogP contribution is 2.27. The molecule has 4 aromatic rings. The summed E-state index contributed by atoms with van der Waals surface area (Å²) >= 11 is 0. The number of hydrogen-bond donors (Lipinski definition) is 1. The van der Waals surface area contributed by atoms with Crippen LogP contribution in [0.5, 0.6) is 0 Å². The molecule has 0 aliphatic carbocycles. The van der Waals surface area contributed by atoms with Gasteiger partial charge in [-0.05, 0) is 38.1 Å². The third-order valence-electron chi connectivity index (χ3n) is 6.02. The van der Waals surface area contributed by atoms with Gasteiger partial charge in [0, 0.05) is 48.3 Å². The number of imidazole rings is 1. The smallest absolute Gasteiger partial charge is 0.407 e. The van der Waals surface area contributed by atoms with Crippen LogP contribution in [0, 0.1) is 5.82 Å². The van der Waals surface area contributed by atoms with Gasteiger partial charge in [-0.25, -0.2) is 28.5 Å². The highest BCUT2D eigenvalue weighted by atomic mass is 19.1. The first-order chi connectivity index (χ1) is 15.8. The fraction of sp³-hybridized carbons (Fsp3) is 0.304. The molecule has 4 heterocycles. The van der Waals surface area contributed by atoms with E-state index < -0.39 is 18.6 Å². The van der Waals surface area contributed by atoms with Gasteiger partial charge >= 0.3 is 6.09 Å². The first-order valence-corrected chi connectivity index (χ1v) is 10.6. The van der Waals surface area contributed by atoms with Crippen molar-refractivity contribution in [2.75, 3.05) is 18.0 Å². The Labute approximate surface area is 188 Å². The van der Waals surface area contributed by atoms with E-state index in [9.17, 15) is 18.7 Å². The average molecular weight is 452 g/mol. The van der Waals surface area contributed by atoms with Gasteiger partial charge in [0.05, 0.1) is 23.3 Å². The standard InChI is InChI=1S/C23H22F2N6O2/c1-13-9-29(10-14(2)31(13)23(32)33)18-3-4-20-15(5-18)8-26-21(28-20)16-6-19(25)22-27-17(7-24)12-30(22)11-16/h3-6,8,11-14H,7,9-10H2,1-2H3,(H,32,33)/t13-,14-/m0/s1. The summed E-state index contributed by atoms with van der Waals surface area (Å²) in [5.74, 6) is -0.223. The average Bonchev–Trinajstić information content (AvgIpc) is 3.21. The number of halogens is 2. The van der Waals surface area contributed by atoms with E-state index >= 15 is 0 Å². The molecule has 1 aliphatic rings. The minimum Gasteiger partial charge on any atom is -0.465 e. The predicted octanol–water partition coefficient (Wildman–Crippen LogP) is 4.13. The topological polar surface area (TPSA) is 86.9 Å². The number of alkyl halides is 1. The molecule has 10 heteroatoms. The van der Waals surface area contributed by atoms with Crippen LogP contribution < -0.4 is 4.90 Å². The Morgan fingerprint density at radius 3 is 2.61 bits per heavy atom. The van der Waals surface area contributed by atoms with Gasteiger partial charge in [-0.1, -0.05) is 0 Å². The number of amides is 1. The van der Waals surface area contributed by atoms with Crippen molar-refractivity contribution in [3.8, 4) is 11.4 Å². The van der Waals surface area contributed by atoms with E-state index in [0.717, 1.165) is 11.1 Å². The summed E-state index contributed by atoms with van der Waals surface area (Å²) in [6, 6.07) is 6.83. The first-order valence-electron chi connectivity index (χ1n) is 10.6. The Hall–Kier alpha value is -3.82.